The van der Waals surface area contributed by atoms with E-state index in [1.54, 1.807) is 0 Å². The zero-order valence-electron chi connectivity index (χ0n) is 8.54. The summed E-state index contributed by atoms with van der Waals surface area (Å²) in [6, 6.07) is 0.765. The highest BCUT2D eigenvalue weighted by Crippen LogP contribution is 2.34. The molecule has 0 bridgehead atoms. The van der Waals surface area contributed by atoms with E-state index >= 15 is 0 Å². The lowest BCUT2D eigenvalue weighted by Crippen LogP contribution is -2.36. The van der Waals surface area contributed by atoms with Crippen LogP contribution in [0.1, 0.15) is 32.1 Å². The highest BCUT2D eigenvalue weighted by molar-refractivity contribution is 5.75. The fourth-order valence-corrected chi connectivity index (χ4v) is 1.81. The van der Waals surface area contributed by atoms with Crippen LogP contribution in [-0.2, 0) is 4.79 Å². The predicted octanol–water partition coefficient (Wildman–Crippen LogP) is 0.241. The van der Waals surface area contributed by atoms with E-state index in [4.69, 9.17) is 5.84 Å². The molecule has 0 aliphatic heterocycles. The van der Waals surface area contributed by atoms with Crippen molar-refractivity contribution in [1.82, 2.24) is 10.3 Å². The van der Waals surface area contributed by atoms with Gasteiger partial charge in [0.05, 0.1) is 0 Å². The molecule has 14 heavy (non-hydrogen) atoms. The Morgan fingerprint density at radius 2 is 2.07 bits per heavy atom. The van der Waals surface area contributed by atoms with E-state index in [1.165, 1.54) is 32.2 Å². The first-order valence-electron chi connectivity index (χ1n) is 5.53. The summed E-state index contributed by atoms with van der Waals surface area (Å²) in [6.45, 7) is 2.08. The van der Waals surface area contributed by atoms with Gasteiger partial charge in [0.25, 0.3) is 0 Å². The third-order valence-electron chi connectivity index (χ3n) is 3.04. The Kier molecular flexibility index (Phi) is 3.03. The summed E-state index contributed by atoms with van der Waals surface area (Å²) in [5.41, 5.74) is 2.18. The lowest BCUT2D eigenvalue weighted by atomic mass is 10.3. The quantitative estimate of drug-likeness (QED) is 0.364. The van der Waals surface area contributed by atoms with E-state index in [2.05, 4.69) is 10.3 Å². The maximum atomic E-state index is 11.0. The SMILES string of the molecule is NNC(=O)CCN(CC1CC1)C1CC1. The first-order chi connectivity index (χ1) is 6.79. The van der Waals surface area contributed by atoms with Crippen molar-refractivity contribution in [2.45, 2.75) is 38.1 Å². The third kappa shape index (κ3) is 2.96. The van der Waals surface area contributed by atoms with Gasteiger partial charge in [0.1, 0.15) is 0 Å². The van der Waals surface area contributed by atoms with Gasteiger partial charge in [-0.05, 0) is 31.6 Å². The van der Waals surface area contributed by atoms with E-state index in [1.807, 2.05) is 0 Å². The van der Waals surface area contributed by atoms with Gasteiger partial charge in [-0.3, -0.25) is 15.1 Å². The Labute approximate surface area is 84.8 Å². The first kappa shape index (κ1) is 9.93. The summed E-state index contributed by atoms with van der Waals surface area (Å²) in [7, 11) is 0. The maximum Gasteiger partial charge on any atom is 0.235 e. The van der Waals surface area contributed by atoms with Crippen molar-refractivity contribution < 1.29 is 4.79 Å². The molecule has 2 aliphatic rings. The minimum Gasteiger partial charge on any atom is -0.300 e. The van der Waals surface area contributed by atoms with Gasteiger partial charge >= 0.3 is 0 Å². The third-order valence-corrected chi connectivity index (χ3v) is 3.04. The van der Waals surface area contributed by atoms with E-state index in [0.717, 1.165) is 18.5 Å². The molecule has 0 spiro atoms. The zero-order valence-corrected chi connectivity index (χ0v) is 8.54. The van der Waals surface area contributed by atoms with Gasteiger partial charge in [-0.2, -0.15) is 0 Å². The fraction of sp³-hybridized carbons (Fsp3) is 0.900. The molecule has 4 heteroatoms. The number of hydrazine groups is 1. The molecule has 2 saturated carbocycles. The van der Waals surface area contributed by atoms with E-state index < -0.39 is 0 Å². The Morgan fingerprint density at radius 1 is 1.36 bits per heavy atom. The van der Waals surface area contributed by atoms with Crippen molar-refractivity contribution in [3.63, 3.8) is 0 Å². The second kappa shape index (κ2) is 4.28. The van der Waals surface area contributed by atoms with E-state index in [-0.39, 0.29) is 5.91 Å². The zero-order chi connectivity index (χ0) is 9.97. The molecule has 4 nitrogen and oxygen atoms in total. The summed E-state index contributed by atoms with van der Waals surface area (Å²) in [5, 5.41) is 0. The number of amides is 1. The lowest BCUT2D eigenvalue weighted by molar-refractivity contribution is -0.121. The Morgan fingerprint density at radius 3 is 2.57 bits per heavy atom. The van der Waals surface area contributed by atoms with Gasteiger partial charge in [0.2, 0.25) is 5.91 Å². The van der Waals surface area contributed by atoms with E-state index in [9.17, 15) is 4.79 Å². The molecular weight excluding hydrogens is 178 g/mol. The highest BCUT2D eigenvalue weighted by atomic mass is 16.2. The van der Waals surface area contributed by atoms with E-state index in [0.29, 0.717) is 6.42 Å². The number of hydrogen-bond acceptors (Lipinski definition) is 3. The summed E-state index contributed by atoms with van der Waals surface area (Å²) in [6.07, 6.45) is 5.94. The topological polar surface area (TPSA) is 58.4 Å². The van der Waals surface area contributed by atoms with Gasteiger partial charge in [0, 0.05) is 25.6 Å². The fourth-order valence-electron chi connectivity index (χ4n) is 1.81. The molecule has 80 valence electrons. The predicted molar refractivity (Wildman–Crippen MR) is 54.3 cm³/mol. The molecule has 0 aromatic carbocycles. The summed E-state index contributed by atoms with van der Waals surface area (Å²) >= 11 is 0. The average molecular weight is 197 g/mol. The lowest BCUT2D eigenvalue weighted by Gasteiger charge is -2.21. The van der Waals surface area contributed by atoms with Gasteiger partial charge < -0.3 is 0 Å². The molecule has 2 rings (SSSR count). The van der Waals surface area contributed by atoms with Crippen LogP contribution >= 0.6 is 0 Å². The molecule has 3 N–H and O–H groups in total. The monoisotopic (exact) mass is 197 g/mol. The minimum absolute atomic E-state index is 0.0496. The molecule has 0 saturated heterocycles. The summed E-state index contributed by atoms with van der Waals surface area (Å²) in [5.74, 6) is 5.91. The van der Waals surface area contributed by atoms with Crippen LogP contribution in [0.3, 0.4) is 0 Å². The minimum atomic E-state index is -0.0496. The number of carbonyl (C=O) groups excluding carboxylic acids is 1. The highest BCUT2D eigenvalue weighted by Gasteiger charge is 2.33. The van der Waals surface area contributed by atoms with Crippen molar-refractivity contribution in [3.8, 4) is 0 Å². The van der Waals surface area contributed by atoms with Crippen molar-refractivity contribution >= 4 is 5.91 Å². The Hall–Kier alpha value is -0.610. The number of hydrogen-bond donors (Lipinski definition) is 2. The van der Waals surface area contributed by atoms with Crippen molar-refractivity contribution in [2.75, 3.05) is 13.1 Å². The van der Waals surface area contributed by atoms with Gasteiger partial charge in [-0.1, -0.05) is 0 Å². The van der Waals surface area contributed by atoms with Gasteiger partial charge in [0.15, 0.2) is 0 Å². The molecule has 0 radical (unpaired) electrons. The molecule has 0 heterocycles. The largest absolute Gasteiger partial charge is 0.300 e. The Balaban J connectivity index is 1.69. The normalized spacial score (nSPS) is 21.3. The second-order valence-electron chi connectivity index (χ2n) is 4.49. The van der Waals surface area contributed by atoms with Crippen LogP contribution in [0.2, 0.25) is 0 Å². The van der Waals surface area contributed by atoms with Crippen LogP contribution in [-0.4, -0.2) is 29.9 Å². The van der Waals surface area contributed by atoms with Crippen molar-refractivity contribution in [1.29, 1.82) is 0 Å². The van der Waals surface area contributed by atoms with Crippen molar-refractivity contribution in [2.24, 2.45) is 11.8 Å². The number of nitrogens with zero attached hydrogens (tertiary/aromatic N) is 1. The van der Waals surface area contributed by atoms with Crippen molar-refractivity contribution in [3.05, 3.63) is 0 Å². The smallest absolute Gasteiger partial charge is 0.235 e. The number of nitrogens with two attached hydrogens (primary N) is 1. The Bertz CT molecular complexity index is 211. The molecule has 0 atom stereocenters. The average Bonchev–Trinajstić information content (AvgIpc) is 3.02. The van der Waals surface area contributed by atoms with Gasteiger partial charge in [-0.25, -0.2) is 5.84 Å². The van der Waals surface area contributed by atoms with Crippen LogP contribution in [0.4, 0.5) is 0 Å². The molecule has 0 aromatic rings. The number of rotatable bonds is 6. The van der Waals surface area contributed by atoms with Crippen LogP contribution in [0.5, 0.6) is 0 Å². The summed E-state index contributed by atoms with van der Waals surface area (Å²) in [4.78, 5) is 13.5. The van der Waals surface area contributed by atoms with Crippen LogP contribution < -0.4 is 11.3 Å². The standard InChI is InChI=1S/C10H19N3O/c11-12-10(14)5-6-13(9-3-4-9)7-8-1-2-8/h8-9H,1-7,11H2,(H,12,14). The molecule has 2 aliphatic carbocycles. The first-order valence-corrected chi connectivity index (χ1v) is 5.53. The second-order valence-corrected chi connectivity index (χ2v) is 4.49. The molecule has 2 fully saturated rings. The van der Waals surface area contributed by atoms with Crippen LogP contribution in [0, 0.1) is 5.92 Å². The number of carbonyl (C=O) groups is 1. The maximum absolute atomic E-state index is 11.0. The van der Waals surface area contributed by atoms with Crippen LogP contribution in [0.25, 0.3) is 0 Å². The van der Waals surface area contributed by atoms with Gasteiger partial charge in [-0.15, -0.1) is 0 Å². The number of nitrogens with one attached hydrogen (secondary N) is 1. The molecule has 0 aromatic heterocycles. The molecule has 1 amide bonds. The van der Waals surface area contributed by atoms with Crippen LogP contribution in [0.15, 0.2) is 0 Å². The molecular formula is C10H19N3O. The molecule has 0 unspecified atom stereocenters. The summed E-state index contributed by atoms with van der Waals surface area (Å²) < 4.78 is 0.